The van der Waals surface area contributed by atoms with Crippen molar-refractivity contribution in [2.45, 2.75) is 26.8 Å². The predicted molar refractivity (Wildman–Crippen MR) is 94.3 cm³/mol. The molecule has 114 valence electrons. The molecule has 1 aliphatic heterocycles. The van der Waals surface area contributed by atoms with Crippen molar-refractivity contribution in [2.24, 2.45) is 0 Å². The van der Waals surface area contributed by atoms with Crippen LogP contribution in [0.2, 0.25) is 0 Å². The second kappa shape index (κ2) is 6.89. The highest BCUT2D eigenvalue weighted by Crippen LogP contribution is 2.33. The Bertz CT molecular complexity index is 593. The van der Waals surface area contributed by atoms with Crippen LogP contribution in [-0.4, -0.2) is 29.0 Å². The number of thiophene rings is 1. The highest BCUT2D eigenvalue weighted by molar-refractivity contribution is 9.10. The summed E-state index contributed by atoms with van der Waals surface area (Å²) in [7, 11) is 0. The molecule has 0 radical (unpaired) electrons. The molecule has 1 aliphatic rings. The molecule has 0 bridgehead atoms. The minimum atomic E-state index is -0.192. The first-order chi connectivity index (χ1) is 9.97. The van der Waals surface area contributed by atoms with E-state index in [4.69, 9.17) is 12.2 Å². The molecule has 4 nitrogen and oxygen atoms in total. The van der Waals surface area contributed by atoms with E-state index in [2.05, 4.69) is 26.6 Å². The molecule has 0 saturated carbocycles. The number of amides is 1. The molecule has 2 heterocycles. The topological polar surface area (TPSA) is 44.4 Å². The van der Waals surface area contributed by atoms with Gasteiger partial charge in [-0.15, -0.1) is 11.3 Å². The molecule has 0 aromatic carbocycles. The van der Waals surface area contributed by atoms with E-state index in [0.29, 0.717) is 18.2 Å². The van der Waals surface area contributed by atoms with Gasteiger partial charge in [0.15, 0.2) is 5.11 Å². The molecule has 0 unspecified atom stereocenters. The van der Waals surface area contributed by atoms with Crippen LogP contribution in [0.4, 0.5) is 0 Å². The van der Waals surface area contributed by atoms with Gasteiger partial charge in [-0.05, 0) is 55.0 Å². The second-order valence-corrected chi connectivity index (χ2v) is 6.98. The summed E-state index contributed by atoms with van der Waals surface area (Å²) in [6.07, 6.45) is 0. The van der Waals surface area contributed by atoms with Gasteiger partial charge in [-0.2, -0.15) is 0 Å². The van der Waals surface area contributed by atoms with E-state index in [1.165, 1.54) is 0 Å². The summed E-state index contributed by atoms with van der Waals surface area (Å²) in [6, 6.07) is 1.84. The van der Waals surface area contributed by atoms with Gasteiger partial charge in [0.1, 0.15) is 0 Å². The summed E-state index contributed by atoms with van der Waals surface area (Å²) in [5.41, 5.74) is 1.56. The lowest BCUT2D eigenvalue weighted by atomic mass is 10.00. The van der Waals surface area contributed by atoms with E-state index < -0.39 is 0 Å². The zero-order valence-electron chi connectivity index (χ0n) is 12.2. The Hall–Kier alpha value is -0.920. The number of hydrogen-bond acceptors (Lipinski definition) is 3. The van der Waals surface area contributed by atoms with Crippen molar-refractivity contribution >= 4 is 50.5 Å². The molecule has 0 fully saturated rings. The Balaban J connectivity index is 2.43. The number of hydrogen-bond donors (Lipinski definition) is 2. The molecule has 0 spiro atoms. The molecule has 0 saturated heterocycles. The van der Waals surface area contributed by atoms with Crippen molar-refractivity contribution < 1.29 is 4.79 Å². The summed E-state index contributed by atoms with van der Waals surface area (Å²) in [6.45, 7) is 7.26. The van der Waals surface area contributed by atoms with Crippen molar-refractivity contribution in [3.05, 3.63) is 32.1 Å². The van der Waals surface area contributed by atoms with Crippen LogP contribution >= 0.6 is 39.5 Å². The zero-order valence-corrected chi connectivity index (χ0v) is 15.4. The van der Waals surface area contributed by atoms with E-state index in [1.54, 1.807) is 11.3 Å². The summed E-state index contributed by atoms with van der Waals surface area (Å²) in [5.74, 6) is 0.0505. The molecule has 1 aromatic rings. The number of likely N-dealkylation sites (N-methyl/N-ethyl adjacent to an activating group) is 1. The first kappa shape index (κ1) is 16.5. The van der Waals surface area contributed by atoms with Crippen molar-refractivity contribution in [3.63, 3.8) is 0 Å². The van der Waals surface area contributed by atoms with Crippen molar-refractivity contribution in [2.75, 3.05) is 13.1 Å². The molecule has 0 aliphatic carbocycles. The summed E-state index contributed by atoms with van der Waals surface area (Å²) in [4.78, 5) is 15.7. The molecule has 1 aromatic heterocycles. The largest absolute Gasteiger partial charge is 0.350 e. The van der Waals surface area contributed by atoms with E-state index in [9.17, 15) is 4.79 Å². The maximum absolute atomic E-state index is 12.8. The number of thiocarbonyl (C=S) groups is 1. The van der Waals surface area contributed by atoms with Gasteiger partial charge in [-0.25, -0.2) is 0 Å². The van der Waals surface area contributed by atoms with Gasteiger partial charge < -0.3 is 15.5 Å². The van der Waals surface area contributed by atoms with E-state index in [1.807, 2.05) is 37.1 Å². The number of halogens is 1. The maximum atomic E-state index is 12.8. The number of carbonyl (C=O) groups excluding carboxylic acids is 1. The normalized spacial score (nSPS) is 18.3. The maximum Gasteiger partial charge on any atom is 0.253 e. The molecular weight excluding hydrogens is 370 g/mol. The fourth-order valence-corrected chi connectivity index (χ4v) is 4.13. The highest BCUT2D eigenvalue weighted by atomic mass is 79.9. The summed E-state index contributed by atoms with van der Waals surface area (Å²) >= 11 is 10.3. The third kappa shape index (κ3) is 3.46. The van der Waals surface area contributed by atoms with Crippen molar-refractivity contribution in [3.8, 4) is 0 Å². The van der Waals surface area contributed by atoms with Crippen LogP contribution in [0.1, 0.15) is 31.7 Å². The summed E-state index contributed by atoms with van der Waals surface area (Å²) < 4.78 is 1.01. The number of allylic oxidation sites excluding steroid dienone is 1. The SMILES string of the molecule is CCN(CC)C(=O)C1=C(C)NC(=S)N[C@H]1c1cc(Br)cs1. The van der Waals surface area contributed by atoms with Gasteiger partial charge in [0.05, 0.1) is 11.6 Å². The molecule has 2 N–H and O–H groups in total. The zero-order chi connectivity index (χ0) is 15.6. The van der Waals surface area contributed by atoms with E-state index in [-0.39, 0.29) is 11.9 Å². The van der Waals surface area contributed by atoms with Crippen LogP contribution in [0.5, 0.6) is 0 Å². The third-order valence-electron chi connectivity index (χ3n) is 3.42. The third-order valence-corrected chi connectivity index (χ3v) is 5.40. The number of carbonyl (C=O) groups is 1. The van der Waals surface area contributed by atoms with Gasteiger partial charge >= 0.3 is 0 Å². The Kier molecular flexibility index (Phi) is 5.40. The number of nitrogens with one attached hydrogen (secondary N) is 2. The van der Waals surface area contributed by atoms with Gasteiger partial charge in [-0.1, -0.05) is 0 Å². The smallest absolute Gasteiger partial charge is 0.253 e. The second-order valence-electron chi connectivity index (χ2n) is 4.71. The quantitative estimate of drug-likeness (QED) is 0.778. The Morgan fingerprint density at radius 1 is 1.48 bits per heavy atom. The first-order valence-corrected chi connectivity index (χ1v) is 8.87. The van der Waals surface area contributed by atoms with Crippen molar-refractivity contribution in [1.29, 1.82) is 0 Å². The van der Waals surface area contributed by atoms with Crippen LogP contribution in [0.3, 0.4) is 0 Å². The van der Waals surface area contributed by atoms with Gasteiger partial charge in [0, 0.05) is 33.5 Å². The molecule has 1 atom stereocenters. The molecule has 7 heteroatoms. The van der Waals surface area contributed by atoms with E-state index >= 15 is 0 Å². The first-order valence-electron chi connectivity index (χ1n) is 6.79. The molecule has 1 amide bonds. The van der Waals surface area contributed by atoms with Crippen LogP contribution < -0.4 is 10.6 Å². The highest BCUT2D eigenvalue weighted by Gasteiger charge is 2.32. The van der Waals surface area contributed by atoms with Gasteiger partial charge in [0.2, 0.25) is 0 Å². The van der Waals surface area contributed by atoms with E-state index in [0.717, 1.165) is 20.6 Å². The standard InChI is InChI=1S/C14H18BrN3OS2/c1-4-18(5-2)13(19)11-8(3)16-14(20)17-12(11)10-6-9(15)7-21-10/h6-7,12H,4-5H2,1-3H3,(H2,16,17,20)/t12-/m0/s1. The van der Waals surface area contributed by atoms with Crippen LogP contribution in [0, 0.1) is 0 Å². The Morgan fingerprint density at radius 3 is 2.67 bits per heavy atom. The van der Waals surface area contributed by atoms with Gasteiger partial charge in [-0.3, -0.25) is 4.79 Å². The van der Waals surface area contributed by atoms with Crippen LogP contribution in [0.25, 0.3) is 0 Å². The summed E-state index contributed by atoms with van der Waals surface area (Å²) in [5, 5.41) is 8.84. The lowest BCUT2D eigenvalue weighted by Crippen LogP contribution is -2.47. The fraction of sp³-hybridized carbons (Fsp3) is 0.429. The lowest BCUT2D eigenvalue weighted by molar-refractivity contribution is -0.127. The van der Waals surface area contributed by atoms with Crippen molar-refractivity contribution in [1.82, 2.24) is 15.5 Å². The average Bonchev–Trinajstić information content (AvgIpc) is 2.85. The lowest BCUT2D eigenvalue weighted by Gasteiger charge is -2.32. The Labute approximate surface area is 142 Å². The monoisotopic (exact) mass is 387 g/mol. The average molecular weight is 388 g/mol. The fourth-order valence-electron chi connectivity index (χ4n) is 2.35. The predicted octanol–water partition coefficient (Wildman–Crippen LogP) is 3.17. The minimum absolute atomic E-state index is 0.0505. The molecular formula is C14H18BrN3OS2. The molecule has 2 rings (SSSR count). The Morgan fingerprint density at radius 2 is 2.14 bits per heavy atom. The number of rotatable bonds is 4. The molecule has 21 heavy (non-hydrogen) atoms. The minimum Gasteiger partial charge on any atom is -0.350 e. The number of nitrogens with zero attached hydrogens (tertiary/aromatic N) is 1. The van der Waals surface area contributed by atoms with Crippen LogP contribution in [-0.2, 0) is 4.79 Å². The van der Waals surface area contributed by atoms with Gasteiger partial charge in [0.25, 0.3) is 5.91 Å². The van der Waals surface area contributed by atoms with Crippen LogP contribution in [0.15, 0.2) is 27.2 Å².